The Hall–Kier alpha value is -0.540. The van der Waals surface area contributed by atoms with Gasteiger partial charge in [0.05, 0.1) is 15.5 Å². The lowest BCUT2D eigenvalue weighted by Gasteiger charge is -2.16. The Morgan fingerprint density at radius 2 is 2.14 bits per heavy atom. The maximum atomic E-state index is 11.7. The van der Waals surface area contributed by atoms with Gasteiger partial charge in [-0.3, -0.25) is 4.79 Å². The number of benzene rings is 1. The molecule has 1 atom stereocenters. The molecular weight excluding hydrogens is 265 g/mol. The molecule has 0 radical (unpaired) electrons. The first-order valence-corrected chi connectivity index (χ1v) is 5.69. The third-order valence-corrected chi connectivity index (χ3v) is 3.45. The van der Waals surface area contributed by atoms with Crippen molar-refractivity contribution in [1.29, 1.82) is 0 Å². The molecule has 1 fully saturated rings. The zero-order valence-electron chi connectivity index (χ0n) is 7.41. The number of carbonyl (C=O) groups is 1. The molecule has 2 rings (SSSR count). The molecule has 0 aliphatic carbocycles. The summed E-state index contributed by atoms with van der Waals surface area (Å²) in [5.74, 6) is 0.0955. The molecule has 1 unspecified atom stereocenters. The van der Waals surface area contributed by atoms with Gasteiger partial charge < -0.3 is 4.90 Å². The summed E-state index contributed by atoms with van der Waals surface area (Å²) in [6.07, 6.45) is 0.837. The Kier molecular flexibility index (Phi) is 2.79. The second kappa shape index (κ2) is 3.91. The van der Waals surface area contributed by atoms with Crippen molar-refractivity contribution in [2.75, 3.05) is 11.4 Å². The van der Waals surface area contributed by atoms with Gasteiger partial charge in [-0.2, -0.15) is 0 Å². The summed E-state index contributed by atoms with van der Waals surface area (Å²) >= 11 is 9.34. The molecule has 1 aromatic carbocycles. The van der Waals surface area contributed by atoms with Crippen molar-refractivity contribution < 1.29 is 4.79 Å². The van der Waals surface area contributed by atoms with E-state index in [4.69, 9.17) is 11.6 Å². The average molecular weight is 275 g/mol. The average Bonchev–Trinajstić information content (AvgIpc) is 2.49. The molecule has 0 spiro atoms. The van der Waals surface area contributed by atoms with Crippen LogP contribution in [0.3, 0.4) is 0 Å². The summed E-state index contributed by atoms with van der Waals surface area (Å²) in [6, 6.07) is 7.41. The van der Waals surface area contributed by atoms with Gasteiger partial charge in [-0.25, -0.2) is 0 Å². The van der Waals surface area contributed by atoms with Gasteiger partial charge >= 0.3 is 0 Å². The van der Waals surface area contributed by atoms with Crippen LogP contribution in [0.25, 0.3) is 0 Å². The molecule has 1 amide bonds. The van der Waals surface area contributed by atoms with Crippen LogP contribution < -0.4 is 4.90 Å². The Morgan fingerprint density at radius 3 is 2.71 bits per heavy atom. The van der Waals surface area contributed by atoms with Gasteiger partial charge in [-0.05, 0) is 18.6 Å². The summed E-state index contributed by atoms with van der Waals surface area (Å²) in [5.41, 5.74) is 0.807. The minimum absolute atomic E-state index is 0.0567. The second-order valence-electron chi connectivity index (χ2n) is 3.20. The topological polar surface area (TPSA) is 20.3 Å². The van der Waals surface area contributed by atoms with E-state index in [-0.39, 0.29) is 10.7 Å². The van der Waals surface area contributed by atoms with Crippen LogP contribution >= 0.6 is 27.5 Å². The first kappa shape index (κ1) is 9.99. The van der Waals surface area contributed by atoms with Gasteiger partial charge in [0.2, 0.25) is 5.91 Å². The molecule has 74 valence electrons. The molecule has 1 aromatic rings. The quantitative estimate of drug-likeness (QED) is 0.721. The number of nitrogens with zero attached hydrogens (tertiary/aromatic N) is 1. The number of amides is 1. The summed E-state index contributed by atoms with van der Waals surface area (Å²) in [6.45, 7) is 0.735. The highest BCUT2D eigenvalue weighted by Gasteiger charge is 2.31. The number of alkyl halides is 1. The van der Waals surface area contributed by atoms with Gasteiger partial charge in [-0.1, -0.05) is 39.7 Å². The van der Waals surface area contributed by atoms with Crippen LogP contribution in [0, 0.1) is 0 Å². The van der Waals surface area contributed by atoms with Crippen LogP contribution in [0.5, 0.6) is 0 Å². The van der Waals surface area contributed by atoms with E-state index >= 15 is 0 Å². The Balaban J connectivity index is 2.33. The zero-order valence-corrected chi connectivity index (χ0v) is 9.75. The van der Waals surface area contributed by atoms with Gasteiger partial charge in [0, 0.05) is 6.54 Å². The minimum Gasteiger partial charge on any atom is -0.310 e. The highest BCUT2D eigenvalue weighted by atomic mass is 79.9. The molecule has 1 aliphatic heterocycles. The first-order chi connectivity index (χ1) is 6.70. The highest BCUT2D eigenvalue weighted by molar-refractivity contribution is 9.10. The normalized spacial score (nSPS) is 21.7. The summed E-state index contributed by atoms with van der Waals surface area (Å²) < 4.78 is 0. The largest absolute Gasteiger partial charge is 0.310 e. The zero-order chi connectivity index (χ0) is 10.1. The fourth-order valence-electron chi connectivity index (χ4n) is 1.56. The smallest absolute Gasteiger partial charge is 0.240 e. The number of carbonyl (C=O) groups excluding carboxylic acids is 1. The third-order valence-electron chi connectivity index (χ3n) is 2.28. The summed E-state index contributed by atoms with van der Waals surface area (Å²) in [7, 11) is 0. The van der Waals surface area contributed by atoms with E-state index in [1.165, 1.54) is 0 Å². The highest BCUT2D eigenvalue weighted by Crippen LogP contribution is 2.30. The van der Waals surface area contributed by atoms with Crippen LogP contribution in [0.2, 0.25) is 5.02 Å². The van der Waals surface area contributed by atoms with Crippen molar-refractivity contribution >= 4 is 39.1 Å². The third kappa shape index (κ3) is 1.66. The lowest BCUT2D eigenvalue weighted by atomic mass is 10.3. The fourth-order valence-corrected chi connectivity index (χ4v) is 2.24. The molecule has 1 saturated heterocycles. The second-order valence-corrected chi connectivity index (χ2v) is 4.71. The summed E-state index contributed by atoms with van der Waals surface area (Å²) in [4.78, 5) is 13.3. The first-order valence-electron chi connectivity index (χ1n) is 4.40. The molecular formula is C10H9BrClNO. The van der Waals surface area contributed by atoms with Crippen LogP contribution in [0.1, 0.15) is 6.42 Å². The van der Waals surface area contributed by atoms with Crippen LogP contribution in [0.15, 0.2) is 24.3 Å². The van der Waals surface area contributed by atoms with E-state index in [1.54, 1.807) is 11.0 Å². The number of rotatable bonds is 1. The monoisotopic (exact) mass is 273 g/mol. The van der Waals surface area contributed by atoms with Gasteiger partial charge in [-0.15, -0.1) is 0 Å². The number of anilines is 1. The van der Waals surface area contributed by atoms with E-state index in [0.717, 1.165) is 18.7 Å². The molecule has 0 saturated carbocycles. The lowest BCUT2D eigenvalue weighted by Crippen LogP contribution is -2.27. The van der Waals surface area contributed by atoms with E-state index in [1.807, 2.05) is 18.2 Å². The SMILES string of the molecule is O=C1C(Br)CCN1c1ccccc1Cl. The number of halogens is 2. The number of para-hydroxylation sites is 1. The predicted molar refractivity (Wildman–Crippen MR) is 61.1 cm³/mol. The molecule has 2 nitrogen and oxygen atoms in total. The fraction of sp³-hybridized carbons (Fsp3) is 0.300. The molecule has 0 aromatic heterocycles. The van der Waals surface area contributed by atoms with Gasteiger partial charge in [0.15, 0.2) is 0 Å². The van der Waals surface area contributed by atoms with Crippen LogP contribution in [-0.4, -0.2) is 17.3 Å². The Bertz CT molecular complexity index is 369. The van der Waals surface area contributed by atoms with Crippen LogP contribution in [-0.2, 0) is 4.79 Å². The van der Waals surface area contributed by atoms with Crippen molar-refractivity contribution in [2.45, 2.75) is 11.2 Å². The maximum absolute atomic E-state index is 11.7. The van der Waals surface area contributed by atoms with E-state index in [2.05, 4.69) is 15.9 Å². The summed E-state index contributed by atoms with van der Waals surface area (Å²) in [5, 5.41) is 0.627. The van der Waals surface area contributed by atoms with E-state index in [0.29, 0.717) is 5.02 Å². The standard InChI is InChI=1S/C10H9BrClNO/c11-7-5-6-13(10(7)14)9-4-2-1-3-8(9)12/h1-4,7H,5-6H2. The number of hydrogen-bond acceptors (Lipinski definition) is 1. The van der Waals surface area contributed by atoms with Crippen LogP contribution in [0.4, 0.5) is 5.69 Å². The molecule has 0 N–H and O–H groups in total. The molecule has 1 aliphatic rings. The van der Waals surface area contributed by atoms with Crippen molar-refractivity contribution in [3.05, 3.63) is 29.3 Å². The Labute approximate surface area is 96.0 Å². The molecule has 14 heavy (non-hydrogen) atoms. The van der Waals surface area contributed by atoms with Gasteiger partial charge in [0.1, 0.15) is 0 Å². The van der Waals surface area contributed by atoms with Gasteiger partial charge in [0.25, 0.3) is 0 Å². The minimum atomic E-state index is -0.0567. The van der Waals surface area contributed by atoms with Crippen molar-refractivity contribution in [2.24, 2.45) is 0 Å². The van der Waals surface area contributed by atoms with E-state index in [9.17, 15) is 4.79 Å². The maximum Gasteiger partial charge on any atom is 0.240 e. The van der Waals surface area contributed by atoms with Crippen molar-refractivity contribution in [3.63, 3.8) is 0 Å². The molecule has 1 heterocycles. The van der Waals surface area contributed by atoms with E-state index < -0.39 is 0 Å². The lowest BCUT2D eigenvalue weighted by molar-refractivity contribution is -0.116. The Morgan fingerprint density at radius 1 is 1.43 bits per heavy atom. The molecule has 4 heteroatoms. The van der Waals surface area contributed by atoms with Crippen molar-refractivity contribution in [3.8, 4) is 0 Å². The molecule has 0 bridgehead atoms. The predicted octanol–water partition coefficient (Wildman–Crippen LogP) is 2.84. The van der Waals surface area contributed by atoms with Crippen molar-refractivity contribution in [1.82, 2.24) is 0 Å². The number of hydrogen-bond donors (Lipinski definition) is 0.